The van der Waals surface area contributed by atoms with E-state index in [1.807, 2.05) is 16.7 Å². The van der Waals surface area contributed by atoms with Gasteiger partial charge in [-0.3, -0.25) is 19.8 Å². The number of aromatic amines is 1. The van der Waals surface area contributed by atoms with Crippen molar-refractivity contribution in [2.45, 2.75) is 52.0 Å². The number of rotatable bonds is 4. The predicted octanol–water partition coefficient (Wildman–Crippen LogP) is 2.64. The van der Waals surface area contributed by atoms with E-state index in [1.165, 1.54) is 6.39 Å². The fourth-order valence-corrected chi connectivity index (χ4v) is 4.73. The molecule has 0 saturated carbocycles. The number of nitrogens with zero attached hydrogens (tertiary/aromatic N) is 6. The van der Waals surface area contributed by atoms with Crippen molar-refractivity contribution in [2.24, 2.45) is 0 Å². The number of piperazine rings is 1. The first-order valence-corrected chi connectivity index (χ1v) is 11.4. The molecule has 2 aliphatic heterocycles. The number of hydrogen-bond acceptors (Lipinski definition) is 7. The largest absolute Gasteiger partial charge is 0.451 e. The average Bonchev–Trinajstić information content (AvgIpc) is 3.56. The zero-order valence-electron chi connectivity index (χ0n) is 19.4. The summed E-state index contributed by atoms with van der Waals surface area (Å²) in [5.41, 5.74) is 2.87. The fraction of sp³-hybridized carbons (Fsp3) is 0.435. The van der Waals surface area contributed by atoms with Gasteiger partial charge in [-0.05, 0) is 32.9 Å². The van der Waals surface area contributed by atoms with Gasteiger partial charge in [0.1, 0.15) is 12.0 Å². The first-order valence-electron chi connectivity index (χ1n) is 11.4. The highest BCUT2D eigenvalue weighted by atomic mass is 16.3. The topological polar surface area (TPSA) is 123 Å². The number of pyridine rings is 1. The fourth-order valence-electron chi connectivity index (χ4n) is 4.73. The number of anilines is 1. The Labute approximate surface area is 197 Å². The second-order valence-electron chi connectivity index (χ2n) is 8.98. The molecule has 3 atom stereocenters. The molecule has 5 heterocycles. The summed E-state index contributed by atoms with van der Waals surface area (Å²) < 4.78 is 5.09. The van der Waals surface area contributed by atoms with Gasteiger partial charge >= 0.3 is 6.03 Å². The molecule has 1 saturated heterocycles. The molecule has 2 N–H and O–H groups in total. The Kier molecular flexibility index (Phi) is 5.78. The number of aromatic nitrogens is 4. The van der Waals surface area contributed by atoms with Crippen molar-refractivity contribution >= 4 is 17.8 Å². The number of urea groups is 1. The van der Waals surface area contributed by atoms with Gasteiger partial charge in [-0.15, -0.1) is 0 Å². The van der Waals surface area contributed by atoms with E-state index in [2.05, 4.69) is 44.2 Å². The molecule has 5 rings (SSSR count). The molecule has 1 fully saturated rings. The van der Waals surface area contributed by atoms with E-state index in [-0.39, 0.29) is 30.1 Å². The zero-order chi connectivity index (χ0) is 23.8. The quantitative estimate of drug-likeness (QED) is 0.608. The Morgan fingerprint density at radius 1 is 1.15 bits per heavy atom. The maximum Gasteiger partial charge on any atom is 0.321 e. The van der Waals surface area contributed by atoms with Crippen LogP contribution < -0.4 is 5.32 Å². The van der Waals surface area contributed by atoms with E-state index < -0.39 is 0 Å². The lowest BCUT2D eigenvalue weighted by Gasteiger charge is -2.45. The van der Waals surface area contributed by atoms with Crippen LogP contribution in [0.1, 0.15) is 54.3 Å². The van der Waals surface area contributed by atoms with Crippen LogP contribution in [0.4, 0.5) is 10.6 Å². The van der Waals surface area contributed by atoms with Crippen LogP contribution in [0, 0.1) is 0 Å². The highest BCUT2D eigenvalue weighted by Gasteiger charge is 2.40. The van der Waals surface area contributed by atoms with Gasteiger partial charge in [0, 0.05) is 43.5 Å². The molecule has 34 heavy (non-hydrogen) atoms. The monoisotopic (exact) mass is 464 g/mol. The number of nitrogens with one attached hydrogen (secondary N) is 2. The molecule has 0 aromatic carbocycles. The van der Waals surface area contributed by atoms with Gasteiger partial charge in [-0.2, -0.15) is 5.10 Å². The molecule has 2 aliphatic rings. The molecule has 3 aromatic rings. The van der Waals surface area contributed by atoms with Crippen molar-refractivity contribution in [1.82, 2.24) is 34.9 Å². The Bertz CT molecular complexity index is 1160. The number of hydrogen-bond donors (Lipinski definition) is 2. The third-order valence-corrected chi connectivity index (χ3v) is 6.70. The smallest absolute Gasteiger partial charge is 0.321 e. The molecular formula is C23H28N8O3. The molecule has 11 heteroatoms. The molecule has 11 nitrogen and oxygen atoms in total. The van der Waals surface area contributed by atoms with Crippen molar-refractivity contribution in [1.29, 1.82) is 0 Å². The van der Waals surface area contributed by atoms with Crippen LogP contribution in [-0.2, 0) is 13.1 Å². The highest BCUT2D eigenvalue weighted by molar-refractivity contribution is 6.02. The van der Waals surface area contributed by atoms with E-state index in [4.69, 9.17) is 4.42 Å². The molecule has 3 amide bonds. The lowest BCUT2D eigenvalue weighted by atomic mass is 10.1. The molecule has 178 valence electrons. The average molecular weight is 465 g/mol. The van der Waals surface area contributed by atoms with Gasteiger partial charge in [0.15, 0.2) is 12.2 Å². The van der Waals surface area contributed by atoms with Gasteiger partial charge in [-0.1, -0.05) is 6.07 Å². The summed E-state index contributed by atoms with van der Waals surface area (Å²) >= 11 is 0. The number of oxazole rings is 1. The second kappa shape index (κ2) is 8.90. The molecule has 1 unspecified atom stereocenters. The normalized spacial score (nSPS) is 22.6. The maximum absolute atomic E-state index is 13.6. The van der Waals surface area contributed by atoms with Crippen molar-refractivity contribution in [3.8, 4) is 0 Å². The molecular weight excluding hydrogens is 436 g/mol. The van der Waals surface area contributed by atoms with Crippen LogP contribution in [-0.4, -0.2) is 72.0 Å². The highest BCUT2D eigenvalue weighted by Crippen LogP contribution is 2.37. The summed E-state index contributed by atoms with van der Waals surface area (Å²) in [5, 5.41) is 10.1. The Morgan fingerprint density at radius 2 is 2.00 bits per heavy atom. The van der Waals surface area contributed by atoms with Crippen molar-refractivity contribution < 1.29 is 14.0 Å². The summed E-state index contributed by atoms with van der Waals surface area (Å²) in [6.07, 6.45) is 4.67. The standard InChI is InChI=1S/C23H28N8O3/c1-14-9-30(15(2)8-29(14)10-17-12-34-13-25-17)23(33)31-11-18-20(16(31)3)27-28-21(18)26-22(32)19-6-4-5-7-24-19/h4-7,12-16H,8-11H2,1-3H3,(H2,26,27,28,32)/t14-,15+,16?/m1/s1. The van der Waals surface area contributed by atoms with Crippen LogP contribution in [0.2, 0.25) is 0 Å². The minimum Gasteiger partial charge on any atom is -0.451 e. The summed E-state index contributed by atoms with van der Waals surface area (Å²) in [5.74, 6) is 0.102. The van der Waals surface area contributed by atoms with E-state index in [0.29, 0.717) is 31.1 Å². The maximum atomic E-state index is 13.6. The third-order valence-electron chi connectivity index (χ3n) is 6.70. The summed E-state index contributed by atoms with van der Waals surface area (Å²) in [7, 11) is 0. The van der Waals surface area contributed by atoms with Crippen LogP contribution in [0.3, 0.4) is 0 Å². The first kappa shape index (κ1) is 22.1. The first-order chi connectivity index (χ1) is 16.4. The summed E-state index contributed by atoms with van der Waals surface area (Å²) in [4.78, 5) is 40.5. The van der Waals surface area contributed by atoms with Crippen molar-refractivity contribution in [3.05, 3.63) is 59.7 Å². The lowest BCUT2D eigenvalue weighted by molar-refractivity contribution is 0.0405. The van der Waals surface area contributed by atoms with Gasteiger partial charge in [0.25, 0.3) is 5.91 Å². The van der Waals surface area contributed by atoms with Crippen LogP contribution in [0.15, 0.2) is 41.5 Å². The number of carbonyl (C=O) groups is 2. The van der Waals surface area contributed by atoms with E-state index in [9.17, 15) is 9.59 Å². The molecule has 0 aliphatic carbocycles. The van der Waals surface area contributed by atoms with Crippen LogP contribution in [0.25, 0.3) is 0 Å². The molecule has 0 spiro atoms. The number of carbonyl (C=O) groups excluding carboxylic acids is 2. The number of H-pyrrole nitrogens is 1. The van der Waals surface area contributed by atoms with Gasteiger partial charge in [0.2, 0.25) is 0 Å². The molecule has 3 aromatic heterocycles. The van der Waals surface area contributed by atoms with Crippen molar-refractivity contribution in [3.63, 3.8) is 0 Å². The number of fused-ring (bicyclic) bond motifs is 1. The zero-order valence-corrected chi connectivity index (χ0v) is 19.4. The van der Waals surface area contributed by atoms with Gasteiger partial charge in [0.05, 0.1) is 24.0 Å². The molecule has 0 radical (unpaired) electrons. The Hall–Kier alpha value is -3.73. The number of amides is 3. The Balaban J connectivity index is 1.26. The predicted molar refractivity (Wildman–Crippen MR) is 123 cm³/mol. The summed E-state index contributed by atoms with van der Waals surface area (Å²) in [6.45, 7) is 8.61. The minimum absolute atomic E-state index is 0.0143. The SMILES string of the molecule is CC1c2[nH]nc(NC(=O)c3ccccn3)c2CN1C(=O)N1C[C@@H](C)N(Cc2cocn2)C[C@@H]1C. The van der Waals surface area contributed by atoms with E-state index in [0.717, 1.165) is 23.5 Å². The Morgan fingerprint density at radius 3 is 2.74 bits per heavy atom. The lowest BCUT2D eigenvalue weighted by Crippen LogP contribution is -2.59. The van der Waals surface area contributed by atoms with Crippen molar-refractivity contribution in [2.75, 3.05) is 18.4 Å². The third kappa shape index (κ3) is 4.03. The van der Waals surface area contributed by atoms with E-state index >= 15 is 0 Å². The van der Waals surface area contributed by atoms with Gasteiger partial charge < -0.3 is 19.5 Å². The second-order valence-corrected chi connectivity index (χ2v) is 8.98. The minimum atomic E-state index is -0.335. The van der Waals surface area contributed by atoms with Crippen LogP contribution in [0.5, 0.6) is 0 Å². The molecule has 0 bridgehead atoms. The van der Waals surface area contributed by atoms with Crippen LogP contribution >= 0.6 is 0 Å². The van der Waals surface area contributed by atoms with E-state index in [1.54, 1.807) is 30.7 Å². The van der Waals surface area contributed by atoms with Gasteiger partial charge in [-0.25, -0.2) is 9.78 Å². The summed E-state index contributed by atoms with van der Waals surface area (Å²) in [6, 6.07) is 5.19.